The summed E-state index contributed by atoms with van der Waals surface area (Å²) in [5.74, 6) is 0.697. The Hall–Kier alpha value is -8.46. The molecule has 0 amide bonds. The monoisotopic (exact) mass is 824 g/mol. The fourth-order valence-corrected chi connectivity index (χ4v) is 10.8. The molecule has 0 N–H and O–H groups in total. The largest absolute Gasteiger partial charge is 0.228 e. The molecular formula is C63H40N2. The lowest BCUT2D eigenvalue weighted by atomic mass is 9.67. The van der Waals surface area contributed by atoms with E-state index in [0.717, 1.165) is 33.6 Å². The average Bonchev–Trinajstić information content (AvgIpc) is 3.68. The minimum absolute atomic E-state index is 0.620. The van der Waals surface area contributed by atoms with E-state index in [1.807, 2.05) is 6.07 Å². The maximum Gasteiger partial charge on any atom is 0.160 e. The Kier molecular flexibility index (Phi) is 8.47. The van der Waals surface area contributed by atoms with Crippen LogP contribution in [0.15, 0.2) is 243 Å². The molecule has 302 valence electrons. The van der Waals surface area contributed by atoms with E-state index >= 15 is 0 Å². The summed E-state index contributed by atoms with van der Waals surface area (Å²) >= 11 is 0. The third kappa shape index (κ3) is 5.88. The highest BCUT2D eigenvalue weighted by atomic mass is 14.9. The number of hydrogen-bond acceptors (Lipinski definition) is 2. The van der Waals surface area contributed by atoms with Crippen molar-refractivity contribution in [3.05, 3.63) is 265 Å². The number of aromatic nitrogens is 2. The van der Waals surface area contributed by atoms with Crippen molar-refractivity contribution in [2.45, 2.75) is 5.41 Å². The quantitative estimate of drug-likeness (QED) is 0.150. The summed E-state index contributed by atoms with van der Waals surface area (Å²) in [6.07, 6.45) is 0. The topological polar surface area (TPSA) is 25.8 Å². The van der Waals surface area contributed by atoms with E-state index in [1.165, 1.54) is 82.4 Å². The van der Waals surface area contributed by atoms with Crippen LogP contribution in [-0.4, -0.2) is 9.97 Å². The van der Waals surface area contributed by atoms with E-state index in [4.69, 9.17) is 9.97 Å². The van der Waals surface area contributed by atoms with Crippen LogP contribution >= 0.6 is 0 Å². The highest BCUT2D eigenvalue weighted by Crippen LogP contribution is 2.58. The molecule has 0 fully saturated rings. The first-order chi connectivity index (χ1) is 32.2. The van der Waals surface area contributed by atoms with Crippen molar-refractivity contribution >= 4 is 32.3 Å². The smallest absolute Gasteiger partial charge is 0.160 e. The van der Waals surface area contributed by atoms with Gasteiger partial charge in [0.15, 0.2) is 5.82 Å². The van der Waals surface area contributed by atoms with Crippen LogP contribution < -0.4 is 0 Å². The van der Waals surface area contributed by atoms with Crippen LogP contribution in [0.2, 0.25) is 0 Å². The maximum atomic E-state index is 5.35. The van der Waals surface area contributed by atoms with Crippen LogP contribution in [0.25, 0.3) is 99.6 Å². The van der Waals surface area contributed by atoms with Gasteiger partial charge in [0, 0.05) is 16.7 Å². The first kappa shape index (κ1) is 37.1. The number of hydrogen-bond donors (Lipinski definition) is 0. The molecule has 65 heavy (non-hydrogen) atoms. The van der Waals surface area contributed by atoms with Crippen molar-refractivity contribution in [2.24, 2.45) is 0 Å². The van der Waals surface area contributed by atoms with E-state index < -0.39 is 5.41 Å². The minimum Gasteiger partial charge on any atom is -0.228 e. The second-order valence-corrected chi connectivity index (χ2v) is 17.2. The first-order valence-corrected chi connectivity index (χ1v) is 22.4. The van der Waals surface area contributed by atoms with Gasteiger partial charge >= 0.3 is 0 Å². The molecule has 2 nitrogen and oxygen atoms in total. The van der Waals surface area contributed by atoms with Crippen LogP contribution in [0.1, 0.15) is 22.3 Å². The van der Waals surface area contributed by atoms with Crippen molar-refractivity contribution in [3.63, 3.8) is 0 Å². The summed E-state index contributed by atoms with van der Waals surface area (Å²) in [4.78, 5) is 10.6. The summed E-state index contributed by atoms with van der Waals surface area (Å²) in [6, 6.07) is 88.5. The Labute approximate surface area is 378 Å². The third-order valence-corrected chi connectivity index (χ3v) is 13.7. The molecule has 11 aromatic carbocycles. The van der Waals surface area contributed by atoms with Gasteiger partial charge in [-0.3, -0.25) is 0 Å². The van der Waals surface area contributed by atoms with Crippen LogP contribution in [0.3, 0.4) is 0 Å². The maximum absolute atomic E-state index is 5.35. The molecule has 0 bridgehead atoms. The lowest BCUT2D eigenvalue weighted by Crippen LogP contribution is -2.28. The van der Waals surface area contributed by atoms with Gasteiger partial charge in [-0.25, -0.2) is 9.97 Å². The first-order valence-electron chi connectivity index (χ1n) is 22.4. The molecule has 0 saturated heterocycles. The molecule has 0 atom stereocenters. The minimum atomic E-state index is -0.620. The van der Waals surface area contributed by atoms with E-state index in [1.54, 1.807) is 0 Å². The Morgan fingerprint density at radius 3 is 1.38 bits per heavy atom. The number of nitrogens with zero attached hydrogens (tertiary/aromatic N) is 2. The number of benzene rings is 11. The molecule has 0 radical (unpaired) electrons. The third-order valence-electron chi connectivity index (χ3n) is 13.7. The molecule has 2 heteroatoms. The Bertz CT molecular complexity index is 3690. The van der Waals surface area contributed by atoms with Crippen molar-refractivity contribution in [1.29, 1.82) is 0 Å². The molecule has 1 aromatic heterocycles. The standard InChI is InChI=1S/C63H40N2/c1-5-15-41(16-6-1)46-21-14-22-48(37-46)58-40-59(65-62(64-58)45-17-7-2-8-18-45)49-32-35-54-53-34-31-47(52-33-29-44-28-27-42-19-13-20-43-30-36-55(52)61(44)60(42)43)38-56(53)63(57(54)39-49,50-23-9-3-10-24-50)51-25-11-4-12-26-51/h1-40H. The average molecular weight is 825 g/mol. The Morgan fingerprint density at radius 2 is 0.738 bits per heavy atom. The summed E-state index contributed by atoms with van der Waals surface area (Å²) in [7, 11) is 0. The number of rotatable bonds is 7. The second-order valence-electron chi connectivity index (χ2n) is 17.2. The van der Waals surface area contributed by atoms with Gasteiger partial charge in [-0.1, -0.05) is 218 Å². The molecule has 12 aromatic rings. The van der Waals surface area contributed by atoms with Gasteiger partial charge in [-0.15, -0.1) is 0 Å². The predicted molar refractivity (Wildman–Crippen MR) is 270 cm³/mol. The van der Waals surface area contributed by atoms with Gasteiger partial charge in [-0.05, 0) is 112 Å². The van der Waals surface area contributed by atoms with Crippen LogP contribution in [0.4, 0.5) is 0 Å². The second kappa shape index (κ2) is 14.8. The van der Waals surface area contributed by atoms with E-state index in [9.17, 15) is 0 Å². The van der Waals surface area contributed by atoms with Crippen molar-refractivity contribution in [1.82, 2.24) is 9.97 Å². The van der Waals surface area contributed by atoms with E-state index in [-0.39, 0.29) is 0 Å². The molecule has 1 aliphatic rings. The summed E-state index contributed by atoms with van der Waals surface area (Å²) in [6.45, 7) is 0. The summed E-state index contributed by atoms with van der Waals surface area (Å²) < 4.78 is 0. The van der Waals surface area contributed by atoms with Crippen molar-refractivity contribution in [2.75, 3.05) is 0 Å². The van der Waals surface area contributed by atoms with Crippen molar-refractivity contribution < 1.29 is 0 Å². The van der Waals surface area contributed by atoms with Crippen LogP contribution in [-0.2, 0) is 5.41 Å². The van der Waals surface area contributed by atoms with Gasteiger partial charge in [0.25, 0.3) is 0 Å². The van der Waals surface area contributed by atoms with Gasteiger partial charge in [0.05, 0.1) is 16.8 Å². The van der Waals surface area contributed by atoms with Gasteiger partial charge in [0.1, 0.15) is 0 Å². The fraction of sp³-hybridized carbons (Fsp3) is 0.0159. The molecule has 13 rings (SSSR count). The molecule has 1 heterocycles. The summed E-state index contributed by atoms with van der Waals surface area (Å²) in [5.41, 5.74) is 16.4. The van der Waals surface area contributed by atoms with Crippen molar-refractivity contribution in [3.8, 4) is 67.3 Å². The lowest BCUT2D eigenvalue weighted by molar-refractivity contribution is 0.769. The zero-order chi connectivity index (χ0) is 42.9. The molecule has 0 unspecified atom stereocenters. The highest BCUT2D eigenvalue weighted by molar-refractivity contribution is 6.25. The molecule has 1 aliphatic carbocycles. The van der Waals surface area contributed by atoms with Gasteiger partial charge in [0.2, 0.25) is 0 Å². The molecule has 0 aliphatic heterocycles. The Balaban J connectivity index is 1.04. The zero-order valence-corrected chi connectivity index (χ0v) is 35.5. The van der Waals surface area contributed by atoms with E-state index in [0.29, 0.717) is 5.82 Å². The molecular weight excluding hydrogens is 785 g/mol. The van der Waals surface area contributed by atoms with Crippen LogP contribution in [0, 0.1) is 0 Å². The SMILES string of the molecule is c1ccc(-c2cccc(-c3cc(-c4ccc5c(c4)C(c4ccccc4)(c4ccccc4)c4cc(-c6ccc7ccc8cccc9ccc6c7c89)ccc4-5)nc(-c4ccccc4)n3)c2)cc1. The summed E-state index contributed by atoms with van der Waals surface area (Å²) in [5, 5.41) is 7.76. The molecule has 0 saturated carbocycles. The molecule has 0 spiro atoms. The van der Waals surface area contributed by atoms with Gasteiger partial charge in [-0.2, -0.15) is 0 Å². The van der Waals surface area contributed by atoms with Crippen LogP contribution in [0.5, 0.6) is 0 Å². The predicted octanol–water partition coefficient (Wildman–Crippen LogP) is 16.1. The zero-order valence-electron chi connectivity index (χ0n) is 35.5. The highest BCUT2D eigenvalue weighted by Gasteiger charge is 2.46. The fourth-order valence-electron chi connectivity index (χ4n) is 10.8. The van der Waals surface area contributed by atoms with E-state index in [2.05, 4.69) is 237 Å². The number of fused-ring (bicyclic) bond motifs is 3. The van der Waals surface area contributed by atoms with Gasteiger partial charge < -0.3 is 0 Å². The normalized spacial score (nSPS) is 12.7. The Morgan fingerprint density at radius 1 is 0.277 bits per heavy atom. The lowest BCUT2D eigenvalue weighted by Gasteiger charge is -2.34.